The van der Waals surface area contributed by atoms with Gasteiger partial charge in [-0.05, 0) is 51.1 Å². The molecule has 4 rings (SSSR count). The molecular weight excluding hydrogens is 452 g/mol. The smallest absolute Gasteiger partial charge is 0.291 e. The molecular formula is C25H26N4O4S. The van der Waals surface area contributed by atoms with Crippen molar-refractivity contribution in [3.63, 3.8) is 0 Å². The lowest BCUT2D eigenvalue weighted by Gasteiger charge is -2.23. The molecule has 8 nitrogen and oxygen atoms in total. The molecule has 0 saturated carbocycles. The van der Waals surface area contributed by atoms with Crippen molar-refractivity contribution in [2.45, 2.75) is 26.8 Å². The molecule has 0 spiro atoms. The maximum absolute atomic E-state index is 12.8. The fourth-order valence-electron chi connectivity index (χ4n) is 3.80. The molecule has 1 amide bonds. The highest BCUT2D eigenvalue weighted by Crippen LogP contribution is 2.43. The van der Waals surface area contributed by atoms with Gasteiger partial charge >= 0.3 is 0 Å². The van der Waals surface area contributed by atoms with Crippen LogP contribution in [0.4, 0.5) is 10.9 Å². The van der Waals surface area contributed by atoms with Crippen molar-refractivity contribution in [3.05, 3.63) is 81.9 Å². The van der Waals surface area contributed by atoms with Crippen LogP contribution < -0.4 is 20.1 Å². The van der Waals surface area contributed by atoms with Crippen LogP contribution in [0.5, 0.6) is 11.5 Å². The third-order valence-electron chi connectivity index (χ3n) is 5.17. The second kappa shape index (κ2) is 9.96. The Morgan fingerprint density at radius 3 is 2.41 bits per heavy atom. The molecule has 0 saturated heterocycles. The first kappa shape index (κ1) is 23.3. The lowest BCUT2D eigenvalue weighted by molar-refractivity contribution is 0.0997. The number of anilines is 2. The summed E-state index contributed by atoms with van der Waals surface area (Å²) in [5.74, 6) is 1.56. The topological polar surface area (TPSA) is 98.5 Å². The third-order valence-corrected chi connectivity index (χ3v) is 6.15. The third kappa shape index (κ3) is 4.89. The van der Waals surface area contributed by atoms with E-state index in [4.69, 9.17) is 13.9 Å². The summed E-state index contributed by atoms with van der Waals surface area (Å²) in [7, 11) is 3.20. The summed E-state index contributed by atoms with van der Waals surface area (Å²) in [6, 6.07) is 12.5. The van der Waals surface area contributed by atoms with Crippen molar-refractivity contribution in [1.82, 2.24) is 9.97 Å². The molecule has 34 heavy (non-hydrogen) atoms. The van der Waals surface area contributed by atoms with Crippen LogP contribution >= 0.6 is 11.3 Å². The summed E-state index contributed by atoms with van der Waals surface area (Å²) in [5, 5.41) is 7.13. The number of thiophene rings is 1. The van der Waals surface area contributed by atoms with E-state index >= 15 is 0 Å². The van der Waals surface area contributed by atoms with E-state index in [9.17, 15) is 4.79 Å². The summed E-state index contributed by atoms with van der Waals surface area (Å²) >= 11 is 1.48. The number of rotatable bonds is 8. The Hall–Kier alpha value is -3.85. The van der Waals surface area contributed by atoms with Crippen LogP contribution in [0, 0.1) is 20.8 Å². The largest absolute Gasteiger partial charge is 0.493 e. The average Bonchev–Trinajstić information content (AvgIpc) is 3.46. The maximum atomic E-state index is 12.8. The molecule has 2 N–H and O–H groups in total. The number of amides is 1. The summed E-state index contributed by atoms with van der Waals surface area (Å²) in [4.78, 5) is 22.9. The van der Waals surface area contributed by atoms with Crippen molar-refractivity contribution in [3.8, 4) is 11.5 Å². The van der Waals surface area contributed by atoms with Gasteiger partial charge in [-0.3, -0.25) is 4.79 Å². The van der Waals surface area contributed by atoms with Gasteiger partial charge in [-0.25, -0.2) is 9.97 Å². The summed E-state index contributed by atoms with van der Waals surface area (Å²) in [5.41, 5.74) is 3.35. The molecule has 0 radical (unpaired) electrons. The van der Waals surface area contributed by atoms with Gasteiger partial charge < -0.3 is 24.5 Å². The summed E-state index contributed by atoms with van der Waals surface area (Å²) in [6.07, 6.45) is 1.47. The highest BCUT2D eigenvalue weighted by atomic mass is 32.1. The molecule has 9 heteroatoms. The molecule has 0 aliphatic carbocycles. The van der Waals surface area contributed by atoms with Crippen molar-refractivity contribution in [2.75, 3.05) is 24.9 Å². The molecule has 1 aromatic carbocycles. The number of para-hydroxylation sites is 1. The maximum Gasteiger partial charge on any atom is 0.291 e. The summed E-state index contributed by atoms with van der Waals surface area (Å²) in [6.45, 7) is 5.83. The summed E-state index contributed by atoms with van der Waals surface area (Å²) < 4.78 is 16.5. The van der Waals surface area contributed by atoms with E-state index in [1.54, 1.807) is 26.4 Å². The van der Waals surface area contributed by atoms with Crippen molar-refractivity contribution in [2.24, 2.45) is 0 Å². The lowest BCUT2D eigenvalue weighted by Crippen LogP contribution is -2.18. The van der Waals surface area contributed by atoms with E-state index < -0.39 is 6.04 Å². The zero-order chi connectivity index (χ0) is 24.2. The standard InChI is InChI=1S/C25H26N4O4S/c1-14-12-15(2)27-25(26-14)28-21(17-8-6-9-19(31-4)22(17)32-5)18-13-16(3)34-24(18)29-23(30)20-10-7-11-33-20/h6-13,21H,1-5H3,(H,29,30)(H,26,27,28)/t21-/m1/s1. The second-order valence-corrected chi connectivity index (χ2v) is 8.96. The Balaban J connectivity index is 1.83. The normalized spacial score (nSPS) is 11.7. The highest BCUT2D eigenvalue weighted by molar-refractivity contribution is 7.16. The number of methoxy groups -OCH3 is 2. The first-order chi connectivity index (χ1) is 16.4. The van der Waals surface area contributed by atoms with Crippen LogP contribution in [0.2, 0.25) is 0 Å². The van der Waals surface area contributed by atoms with E-state index in [0.29, 0.717) is 22.4 Å². The second-order valence-electron chi connectivity index (χ2n) is 7.71. The van der Waals surface area contributed by atoms with Gasteiger partial charge in [-0.1, -0.05) is 12.1 Å². The van der Waals surface area contributed by atoms with Gasteiger partial charge in [0.15, 0.2) is 17.3 Å². The van der Waals surface area contributed by atoms with E-state index in [1.165, 1.54) is 17.6 Å². The molecule has 1 atom stereocenters. The molecule has 0 aliphatic rings. The van der Waals surface area contributed by atoms with Crippen LogP contribution in [0.25, 0.3) is 0 Å². The Bertz CT molecular complexity index is 1280. The zero-order valence-electron chi connectivity index (χ0n) is 19.6. The number of aromatic nitrogens is 2. The number of hydrogen-bond donors (Lipinski definition) is 2. The first-order valence-electron chi connectivity index (χ1n) is 10.6. The molecule has 176 valence electrons. The average molecular weight is 479 g/mol. The Morgan fingerprint density at radius 2 is 1.76 bits per heavy atom. The number of nitrogens with zero attached hydrogens (tertiary/aromatic N) is 2. The number of aryl methyl sites for hydroxylation is 3. The Morgan fingerprint density at radius 1 is 1.00 bits per heavy atom. The minimum absolute atomic E-state index is 0.234. The minimum atomic E-state index is -0.442. The highest BCUT2D eigenvalue weighted by Gasteiger charge is 2.27. The Labute approximate surface area is 202 Å². The van der Waals surface area contributed by atoms with Gasteiger partial charge in [-0.2, -0.15) is 0 Å². The molecule has 0 unspecified atom stereocenters. The minimum Gasteiger partial charge on any atom is -0.493 e. The van der Waals surface area contributed by atoms with Crippen molar-refractivity contribution in [1.29, 1.82) is 0 Å². The number of carbonyl (C=O) groups excluding carboxylic acids is 1. The number of benzene rings is 1. The fourth-order valence-corrected chi connectivity index (χ4v) is 4.75. The van der Waals surface area contributed by atoms with Gasteiger partial charge in [0.1, 0.15) is 5.00 Å². The van der Waals surface area contributed by atoms with Gasteiger partial charge in [-0.15, -0.1) is 11.3 Å². The van der Waals surface area contributed by atoms with Crippen LogP contribution in [0.3, 0.4) is 0 Å². The van der Waals surface area contributed by atoms with Gasteiger partial charge in [0.2, 0.25) is 5.95 Å². The number of ether oxygens (including phenoxy) is 2. The van der Waals surface area contributed by atoms with Crippen LogP contribution in [-0.4, -0.2) is 30.1 Å². The number of hydrogen-bond acceptors (Lipinski definition) is 8. The molecule has 3 heterocycles. The van der Waals surface area contributed by atoms with E-state index in [0.717, 1.165) is 27.4 Å². The van der Waals surface area contributed by atoms with E-state index in [-0.39, 0.29) is 11.7 Å². The quantitative estimate of drug-likeness (QED) is 0.344. The molecule has 0 fully saturated rings. The van der Waals surface area contributed by atoms with E-state index in [1.807, 2.05) is 51.1 Å². The van der Waals surface area contributed by atoms with Crippen molar-refractivity contribution >= 4 is 28.2 Å². The lowest BCUT2D eigenvalue weighted by atomic mass is 9.98. The van der Waals surface area contributed by atoms with Crippen LogP contribution in [0.1, 0.15) is 44.0 Å². The van der Waals surface area contributed by atoms with Gasteiger partial charge in [0.25, 0.3) is 5.91 Å². The first-order valence-corrected chi connectivity index (χ1v) is 11.5. The molecule has 0 bridgehead atoms. The zero-order valence-corrected chi connectivity index (χ0v) is 20.4. The van der Waals surface area contributed by atoms with Gasteiger partial charge in [0.05, 0.1) is 26.5 Å². The predicted octanol–water partition coefficient (Wildman–Crippen LogP) is 5.53. The molecule has 3 aromatic heterocycles. The Kier molecular flexibility index (Phi) is 6.83. The predicted molar refractivity (Wildman–Crippen MR) is 132 cm³/mol. The fraction of sp³-hybridized carbons (Fsp3) is 0.240. The van der Waals surface area contributed by atoms with Crippen molar-refractivity contribution < 1.29 is 18.7 Å². The van der Waals surface area contributed by atoms with Gasteiger partial charge in [0, 0.05) is 27.4 Å². The number of carbonyl (C=O) groups is 1. The monoisotopic (exact) mass is 478 g/mol. The number of furan rings is 1. The number of nitrogens with one attached hydrogen (secondary N) is 2. The van der Waals surface area contributed by atoms with Crippen LogP contribution in [0.15, 0.2) is 53.1 Å². The van der Waals surface area contributed by atoms with Crippen LogP contribution in [-0.2, 0) is 0 Å². The molecule has 4 aromatic rings. The SMILES string of the molecule is COc1cccc([C@@H](Nc2nc(C)cc(C)n2)c2cc(C)sc2NC(=O)c2ccco2)c1OC. The van der Waals surface area contributed by atoms with E-state index in [2.05, 4.69) is 20.6 Å². The molecule has 0 aliphatic heterocycles.